The summed E-state index contributed by atoms with van der Waals surface area (Å²) in [6.07, 6.45) is -1.93. The fourth-order valence-corrected chi connectivity index (χ4v) is 1.99. The summed E-state index contributed by atoms with van der Waals surface area (Å²) < 4.78 is 9.47. The average Bonchev–Trinajstić information content (AvgIpc) is 2.58. The molecule has 2 rings (SSSR count). The molecule has 0 unspecified atom stereocenters. The Morgan fingerprint density at radius 3 is 1.20 bits per heavy atom. The zero-order valence-corrected chi connectivity index (χ0v) is 16.3. The molecule has 0 amide bonds. The van der Waals surface area contributed by atoms with E-state index in [1.807, 2.05) is 12.1 Å². The van der Waals surface area contributed by atoms with E-state index in [0.717, 1.165) is 0 Å². The van der Waals surface area contributed by atoms with Crippen LogP contribution in [0.5, 0.6) is 0 Å². The Hall–Kier alpha value is -1.44. The number of benzene rings is 2. The second-order valence-electron chi connectivity index (χ2n) is 4.69. The van der Waals surface area contributed by atoms with Gasteiger partial charge in [-0.25, -0.2) is 0 Å². The Bertz CT molecular complexity index is 575. The molecule has 0 saturated heterocycles. The molecule has 128 valence electrons. The van der Waals surface area contributed by atoms with Crippen LogP contribution in [0.2, 0.25) is 0 Å². The largest absolute Gasteiger partial charge is 2.00 e. The Morgan fingerprint density at radius 1 is 0.720 bits per heavy atom. The van der Waals surface area contributed by atoms with E-state index in [-0.39, 0.29) is 37.7 Å². The van der Waals surface area contributed by atoms with Crippen molar-refractivity contribution in [3.05, 3.63) is 71.8 Å². The van der Waals surface area contributed by atoms with Gasteiger partial charge in [0.15, 0.2) is 0 Å². The third-order valence-corrected chi connectivity index (χ3v) is 3.10. The van der Waals surface area contributed by atoms with E-state index < -0.39 is 24.1 Å². The minimum absolute atomic E-state index is 0. The van der Waals surface area contributed by atoms with Crippen molar-refractivity contribution in [2.45, 2.75) is 12.2 Å². The topological polar surface area (TPSA) is 98.7 Å². The molecule has 0 spiro atoms. The standard InChI is InChI=1S/2C9H10O3.Ca/c2*1-12-8(9(10)11)7-5-3-2-4-6-7;/h2*2-6,8H,1H3,(H,10,11);/q;;+2/p-2/t2*8-;/m11./s1. The average molecular weight is 370 g/mol. The van der Waals surface area contributed by atoms with Gasteiger partial charge >= 0.3 is 37.7 Å². The number of methoxy groups -OCH3 is 2. The summed E-state index contributed by atoms with van der Waals surface area (Å²) in [5.74, 6) is -2.44. The predicted octanol–water partition coefficient (Wildman–Crippen LogP) is -0.133. The van der Waals surface area contributed by atoms with E-state index in [1.165, 1.54) is 14.2 Å². The van der Waals surface area contributed by atoms with Gasteiger partial charge in [-0.1, -0.05) is 60.7 Å². The molecule has 0 saturated carbocycles. The number of carbonyl (C=O) groups excluding carboxylic acids is 2. The number of ether oxygens (including phenoxy) is 2. The smallest absolute Gasteiger partial charge is 0.547 e. The van der Waals surface area contributed by atoms with Gasteiger partial charge in [-0.15, -0.1) is 0 Å². The molecule has 2 aromatic carbocycles. The molecule has 2 atom stereocenters. The third kappa shape index (κ3) is 7.98. The summed E-state index contributed by atoms with van der Waals surface area (Å²) in [7, 11) is 2.68. The van der Waals surface area contributed by atoms with Crippen molar-refractivity contribution in [2.75, 3.05) is 14.2 Å². The van der Waals surface area contributed by atoms with Crippen molar-refractivity contribution in [2.24, 2.45) is 0 Å². The molecule has 2 aromatic rings. The van der Waals surface area contributed by atoms with Gasteiger partial charge in [0.05, 0.1) is 11.9 Å². The van der Waals surface area contributed by atoms with Gasteiger partial charge < -0.3 is 29.3 Å². The van der Waals surface area contributed by atoms with Crippen LogP contribution < -0.4 is 10.2 Å². The van der Waals surface area contributed by atoms with Crippen LogP contribution in [-0.4, -0.2) is 63.9 Å². The third-order valence-electron chi connectivity index (χ3n) is 3.10. The van der Waals surface area contributed by atoms with Crippen LogP contribution in [-0.2, 0) is 19.1 Å². The molecule has 0 N–H and O–H groups in total. The van der Waals surface area contributed by atoms with Gasteiger partial charge in [0.25, 0.3) is 0 Å². The SMILES string of the molecule is CO[C@@H](C(=O)[O-])c1ccccc1.CO[C@@H](C(=O)[O-])c1ccccc1.[Ca+2]. The van der Waals surface area contributed by atoms with Crippen molar-refractivity contribution < 1.29 is 29.3 Å². The van der Waals surface area contributed by atoms with E-state index in [0.29, 0.717) is 11.1 Å². The van der Waals surface area contributed by atoms with Crippen LogP contribution in [0.15, 0.2) is 60.7 Å². The van der Waals surface area contributed by atoms with E-state index in [2.05, 4.69) is 0 Å². The van der Waals surface area contributed by atoms with Crippen molar-refractivity contribution in [1.29, 1.82) is 0 Å². The van der Waals surface area contributed by atoms with Crippen LogP contribution in [0, 0.1) is 0 Å². The second kappa shape index (κ2) is 12.9. The second-order valence-corrected chi connectivity index (χ2v) is 4.69. The molecule has 0 fully saturated rings. The monoisotopic (exact) mass is 370 g/mol. The van der Waals surface area contributed by atoms with Crippen LogP contribution in [0.3, 0.4) is 0 Å². The molecule has 6 nitrogen and oxygen atoms in total. The van der Waals surface area contributed by atoms with E-state index in [1.54, 1.807) is 48.5 Å². The molecular formula is C18H18CaO6. The molecule has 0 aliphatic heterocycles. The molecule has 0 heterocycles. The number of hydrogen-bond donors (Lipinski definition) is 0. The van der Waals surface area contributed by atoms with E-state index in [4.69, 9.17) is 9.47 Å². The Labute approximate surface area is 176 Å². The van der Waals surface area contributed by atoms with Crippen LogP contribution in [0.4, 0.5) is 0 Å². The first-order chi connectivity index (χ1) is 11.5. The fraction of sp³-hybridized carbons (Fsp3) is 0.222. The zero-order valence-electron chi connectivity index (χ0n) is 14.1. The number of carboxylic acid groups (broad SMARTS) is 2. The maximum absolute atomic E-state index is 10.5. The van der Waals surface area contributed by atoms with E-state index >= 15 is 0 Å². The maximum Gasteiger partial charge on any atom is 2.00 e. The van der Waals surface area contributed by atoms with Gasteiger partial charge in [0.2, 0.25) is 0 Å². The molecule has 0 radical (unpaired) electrons. The number of aliphatic carboxylic acids is 2. The number of rotatable bonds is 6. The predicted molar refractivity (Wildman–Crippen MR) is 88.2 cm³/mol. The first-order valence-electron chi connectivity index (χ1n) is 7.08. The number of hydrogen-bond acceptors (Lipinski definition) is 6. The number of carboxylic acids is 2. The summed E-state index contributed by atoms with van der Waals surface area (Å²) in [6.45, 7) is 0. The Balaban J connectivity index is 0.000000443. The summed E-state index contributed by atoms with van der Waals surface area (Å²) in [6, 6.07) is 17.4. The summed E-state index contributed by atoms with van der Waals surface area (Å²) >= 11 is 0. The molecule has 0 aliphatic carbocycles. The van der Waals surface area contributed by atoms with Crippen molar-refractivity contribution in [3.8, 4) is 0 Å². The fourth-order valence-electron chi connectivity index (χ4n) is 1.99. The van der Waals surface area contributed by atoms with E-state index in [9.17, 15) is 19.8 Å². The summed E-state index contributed by atoms with van der Waals surface area (Å²) in [5.41, 5.74) is 1.19. The van der Waals surface area contributed by atoms with Crippen LogP contribution in [0.25, 0.3) is 0 Å². The Kier molecular flexibility index (Phi) is 12.1. The van der Waals surface area contributed by atoms with Gasteiger partial charge in [-0.2, -0.15) is 0 Å². The molecule has 0 bridgehead atoms. The molecular weight excluding hydrogens is 352 g/mol. The normalized spacial score (nSPS) is 11.9. The zero-order chi connectivity index (χ0) is 17.9. The van der Waals surface area contributed by atoms with Crippen LogP contribution >= 0.6 is 0 Å². The number of carbonyl (C=O) groups is 2. The van der Waals surface area contributed by atoms with Gasteiger partial charge in [0, 0.05) is 14.2 Å². The van der Waals surface area contributed by atoms with Crippen molar-refractivity contribution >= 4 is 49.7 Å². The van der Waals surface area contributed by atoms with Crippen LogP contribution in [0.1, 0.15) is 23.3 Å². The molecule has 7 heteroatoms. The van der Waals surface area contributed by atoms with Crippen molar-refractivity contribution in [1.82, 2.24) is 0 Å². The first-order valence-corrected chi connectivity index (χ1v) is 7.08. The minimum atomic E-state index is -1.22. The molecule has 0 aliphatic rings. The molecule has 25 heavy (non-hydrogen) atoms. The molecule has 0 aromatic heterocycles. The minimum Gasteiger partial charge on any atom is -0.547 e. The quantitative estimate of drug-likeness (QED) is 0.657. The van der Waals surface area contributed by atoms with Crippen molar-refractivity contribution in [3.63, 3.8) is 0 Å². The van der Waals surface area contributed by atoms with Gasteiger partial charge in [0.1, 0.15) is 12.2 Å². The Morgan fingerprint density at radius 2 is 1.00 bits per heavy atom. The van der Waals surface area contributed by atoms with Gasteiger partial charge in [-0.3, -0.25) is 0 Å². The summed E-state index contributed by atoms with van der Waals surface area (Å²) in [4.78, 5) is 21.0. The van der Waals surface area contributed by atoms with Gasteiger partial charge in [-0.05, 0) is 11.1 Å². The first kappa shape index (κ1) is 23.6. The maximum atomic E-state index is 10.5. The summed E-state index contributed by atoms with van der Waals surface area (Å²) in [5, 5.41) is 21.0.